The molecule has 1 aliphatic heterocycles. The van der Waals surface area contributed by atoms with Gasteiger partial charge < -0.3 is 4.90 Å². The van der Waals surface area contributed by atoms with E-state index < -0.39 is 0 Å². The van der Waals surface area contributed by atoms with Crippen molar-refractivity contribution in [3.8, 4) is 0 Å². The van der Waals surface area contributed by atoms with Gasteiger partial charge in [0.1, 0.15) is 0 Å². The highest BCUT2D eigenvalue weighted by Gasteiger charge is 2.18. The van der Waals surface area contributed by atoms with E-state index in [1.807, 2.05) is 27.0 Å². The van der Waals surface area contributed by atoms with Gasteiger partial charge in [-0.05, 0) is 31.4 Å². The molecule has 2 nitrogen and oxygen atoms in total. The minimum absolute atomic E-state index is 0.223. The van der Waals surface area contributed by atoms with Crippen LogP contribution in [-0.4, -0.2) is 17.9 Å². The Hall–Kier alpha value is -1.05. The lowest BCUT2D eigenvalue weighted by Gasteiger charge is -2.25. The Balaban J connectivity index is 0.000000921. The molecule has 0 aromatic heterocycles. The van der Waals surface area contributed by atoms with Crippen LogP contribution in [0.2, 0.25) is 0 Å². The molecule has 0 aromatic rings. The van der Waals surface area contributed by atoms with E-state index in [2.05, 4.69) is 19.9 Å². The minimum atomic E-state index is 0.223. The van der Waals surface area contributed by atoms with Crippen LogP contribution in [0.5, 0.6) is 0 Å². The molecular formula is C13H23NO. The third-order valence-corrected chi connectivity index (χ3v) is 2.40. The monoisotopic (exact) mass is 209 g/mol. The van der Waals surface area contributed by atoms with Crippen molar-refractivity contribution in [3.05, 3.63) is 23.4 Å². The minimum Gasteiger partial charge on any atom is -0.316 e. The molecule has 0 N–H and O–H groups in total. The summed E-state index contributed by atoms with van der Waals surface area (Å²) in [6.07, 6.45) is 6.72. The second kappa shape index (κ2) is 7.27. The van der Waals surface area contributed by atoms with Crippen LogP contribution >= 0.6 is 0 Å². The lowest BCUT2D eigenvalue weighted by atomic mass is 10.0. The molecule has 0 unspecified atom stereocenters. The molecule has 1 amide bonds. The summed E-state index contributed by atoms with van der Waals surface area (Å²) >= 11 is 0. The highest BCUT2D eigenvalue weighted by Crippen LogP contribution is 2.22. The van der Waals surface area contributed by atoms with Crippen molar-refractivity contribution in [1.82, 2.24) is 4.90 Å². The molecule has 0 aliphatic carbocycles. The number of nitrogens with zero attached hydrogens (tertiary/aromatic N) is 1. The fourth-order valence-corrected chi connectivity index (χ4v) is 1.49. The molecular weight excluding hydrogens is 186 g/mol. The maximum Gasteiger partial charge on any atom is 0.227 e. The molecule has 2 heteroatoms. The smallest absolute Gasteiger partial charge is 0.227 e. The van der Waals surface area contributed by atoms with Crippen molar-refractivity contribution in [3.63, 3.8) is 0 Å². The number of carbonyl (C=O) groups is 1. The maximum absolute atomic E-state index is 11.4. The van der Waals surface area contributed by atoms with E-state index in [0.29, 0.717) is 6.42 Å². The maximum atomic E-state index is 11.4. The molecule has 0 spiro atoms. The van der Waals surface area contributed by atoms with Crippen LogP contribution in [0.25, 0.3) is 0 Å². The number of allylic oxidation sites excluding steroid dienone is 3. The van der Waals surface area contributed by atoms with Gasteiger partial charge in [-0.25, -0.2) is 0 Å². The van der Waals surface area contributed by atoms with Gasteiger partial charge in [0.05, 0.1) is 0 Å². The number of amides is 1. The average Bonchev–Trinajstić information content (AvgIpc) is 2.27. The Bertz CT molecular complexity index is 264. The van der Waals surface area contributed by atoms with Gasteiger partial charge in [-0.15, -0.1) is 0 Å². The summed E-state index contributed by atoms with van der Waals surface area (Å²) in [6.45, 7) is 8.19. The first-order chi connectivity index (χ1) is 7.16. The number of rotatable bonds is 2. The van der Waals surface area contributed by atoms with Gasteiger partial charge in [0, 0.05) is 19.2 Å². The zero-order valence-electron chi connectivity index (χ0n) is 10.6. The van der Waals surface area contributed by atoms with E-state index in [1.54, 1.807) is 4.90 Å². The fourth-order valence-electron chi connectivity index (χ4n) is 1.49. The Morgan fingerprint density at radius 1 is 1.33 bits per heavy atom. The van der Waals surface area contributed by atoms with Gasteiger partial charge >= 0.3 is 0 Å². The first-order valence-corrected chi connectivity index (χ1v) is 5.79. The summed E-state index contributed by atoms with van der Waals surface area (Å²) in [6, 6.07) is 0. The normalized spacial score (nSPS) is 16.9. The van der Waals surface area contributed by atoms with Crippen molar-refractivity contribution >= 4 is 5.91 Å². The molecule has 15 heavy (non-hydrogen) atoms. The number of likely N-dealkylation sites (N-methyl/N-ethyl adjacent to an activating group) is 1. The lowest BCUT2D eigenvalue weighted by Crippen LogP contribution is -2.29. The Morgan fingerprint density at radius 2 is 1.93 bits per heavy atom. The van der Waals surface area contributed by atoms with Crippen LogP contribution < -0.4 is 0 Å². The second-order valence-electron chi connectivity index (χ2n) is 3.43. The van der Waals surface area contributed by atoms with Crippen LogP contribution in [0.15, 0.2) is 23.4 Å². The molecule has 1 rings (SSSR count). The molecule has 1 aliphatic rings. The summed E-state index contributed by atoms with van der Waals surface area (Å²) in [5, 5.41) is 0. The predicted molar refractivity (Wildman–Crippen MR) is 65.5 cm³/mol. The second-order valence-corrected chi connectivity index (χ2v) is 3.43. The quantitative estimate of drug-likeness (QED) is 0.681. The molecule has 0 atom stereocenters. The van der Waals surface area contributed by atoms with Gasteiger partial charge in [0.2, 0.25) is 5.91 Å². The molecule has 1 heterocycles. The molecule has 0 fully saturated rings. The Labute approximate surface area is 93.7 Å². The fraction of sp³-hybridized carbons (Fsp3) is 0.615. The van der Waals surface area contributed by atoms with Gasteiger partial charge in [-0.3, -0.25) is 4.79 Å². The first-order valence-electron chi connectivity index (χ1n) is 5.79. The SMILES string of the molecule is CC.CC/C=C\C1=C(C)CCC(=O)N1C. The number of hydrogen-bond acceptors (Lipinski definition) is 1. The van der Waals surface area contributed by atoms with Crippen molar-refractivity contribution in [1.29, 1.82) is 0 Å². The van der Waals surface area contributed by atoms with Crippen LogP contribution in [0.4, 0.5) is 0 Å². The van der Waals surface area contributed by atoms with E-state index in [0.717, 1.165) is 18.5 Å². The van der Waals surface area contributed by atoms with Crippen LogP contribution in [0.3, 0.4) is 0 Å². The number of carbonyl (C=O) groups excluding carboxylic acids is 1. The molecule has 0 bridgehead atoms. The summed E-state index contributed by atoms with van der Waals surface area (Å²) in [4.78, 5) is 13.1. The zero-order valence-corrected chi connectivity index (χ0v) is 10.6. The van der Waals surface area contributed by atoms with Gasteiger partial charge in [-0.1, -0.05) is 26.8 Å². The third kappa shape index (κ3) is 3.90. The summed E-state index contributed by atoms with van der Waals surface area (Å²) < 4.78 is 0. The van der Waals surface area contributed by atoms with E-state index in [-0.39, 0.29) is 5.91 Å². The highest BCUT2D eigenvalue weighted by atomic mass is 16.2. The summed E-state index contributed by atoms with van der Waals surface area (Å²) in [5.74, 6) is 0.223. The van der Waals surface area contributed by atoms with Crippen LogP contribution in [0.1, 0.15) is 47.0 Å². The van der Waals surface area contributed by atoms with Gasteiger partial charge in [-0.2, -0.15) is 0 Å². The Kier molecular flexibility index (Phi) is 6.76. The largest absolute Gasteiger partial charge is 0.316 e. The Morgan fingerprint density at radius 3 is 2.47 bits per heavy atom. The van der Waals surface area contributed by atoms with E-state index in [1.165, 1.54) is 5.57 Å². The predicted octanol–water partition coefficient (Wildman–Crippen LogP) is 3.51. The molecule has 0 aromatic carbocycles. The van der Waals surface area contributed by atoms with Crippen molar-refractivity contribution in [2.24, 2.45) is 0 Å². The molecule has 86 valence electrons. The first kappa shape index (κ1) is 13.9. The summed E-state index contributed by atoms with van der Waals surface area (Å²) in [7, 11) is 1.85. The van der Waals surface area contributed by atoms with Crippen LogP contribution in [0, 0.1) is 0 Å². The molecule has 0 saturated carbocycles. The lowest BCUT2D eigenvalue weighted by molar-refractivity contribution is -0.128. The van der Waals surface area contributed by atoms with Gasteiger partial charge in [0.25, 0.3) is 0 Å². The van der Waals surface area contributed by atoms with Crippen molar-refractivity contribution in [2.45, 2.75) is 47.0 Å². The molecule has 0 radical (unpaired) electrons. The van der Waals surface area contributed by atoms with E-state index >= 15 is 0 Å². The number of hydrogen-bond donors (Lipinski definition) is 0. The van der Waals surface area contributed by atoms with Crippen molar-refractivity contribution < 1.29 is 4.79 Å². The highest BCUT2D eigenvalue weighted by molar-refractivity contribution is 5.80. The van der Waals surface area contributed by atoms with Crippen LogP contribution in [-0.2, 0) is 4.79 Å². The topological polar surface area (TPSA) is 20.3 Å². The van der Waals surface area contributed by atoms with Crippen molar-refractivity contribution in [2.75, 3.05) is 7.05 Å². The third-order valence-electron chi connectivity index (χ3n) is 2.40. The standard InChI is InChI=1S/C11H17NO.C2H6/c1-4-5-6-10-9(2)7-8-11(13)12(10)3;1-2/h5-6H,4,7-8H2,1-3H3;1-2H3/b6-5-;. The van der Waals surface area contributed by atoms with E-state index in [4.69, 9.17) is 0 Å². The molecule has 0 saturated heterocycles. The summed E-state index contributed by atoms with van der Waals surface area (Å²) in [5.41, 5.74) is 2.39. The van der Waals surface area contributed by atoms with Gasteiger partial charge in [0.15, 0.2) is 0 Å². The zero-order chi connectivity index (χ0) is 11.8. The van der Waals surface area contributed by atoms with E-state index in [9.17, 15) is 4.79 Å². The average molecular weight is 209 g/mol.